The second-order valence-corrected chi connectivity index (χ2v) is 5.38. The Balaban J connectivity index is 2.28. The number of carbonyl (C=O) groups excluding carboxylic acids is 1. The molecule has 0 radical (unpaired) electrons. The number of rotatable bonds is 2. The molecule has 104 valence electrons. The first-order chi connectivity index (χ1) is 9.40. The number of pyridine rings is 1. The van der Waals surface area contributed by atoms with Gasteiger partial charge in [-0.05, 0) is 37.1 Å². The molecule has 0 amide bonds. The van der Waals surface area contributed by atoms with Gasteiger partial charge in [0, 0.05) is 6.20 Å². The molecule has 6 heteroatoms. The van der Waals surface area contributed by atoms with Crippen LogP contribution in [0.2, 0.25) is 15.1 Å². The topological polar surface area (TPSA) is 39.2 Å². The van der Waals surface area contributed by atoms with Crippen molar-refractivity contribution in [2.24, 2.45) is 0 Å². The maximum atomic E-state index is 12.0. The number of hydrogen-bond acceptors (Lipinski definition) is 3. The summed E-state index contributed by atoms with van der Waals surface area (Å²) >= 11 is 17.6. The van der Waals surface area contributed by atoms with Crippen molar-refractivity contribution in [1.82, 2.24) is 4.98 Å². The van der Waals surface area contributed by atoms with Crippen LogP contribution in [0.1, 0.15) is 21.6 Å². The molecule has 0 saturated carbocycles. The van der Waals surface area contributed by atoms with Crippen molar-refractivity contribution in [3.63, 3.8) is 0 Å². The van der Waals surface area contributed by atoms with E-state index in [-0.39, 0.29) is 20.8 Å². The first-order valence-corrected chi connectivity index (χ1v) is 6.82. The van der Waals surface area contributed by atoms with Crippen LogP contribution in [-0.4, -0.2) is 11.0 Å². The van der Waals surface area contributed by atoms with Gasteiger partial charge in [0.1, 0.15) is 5.75 Å². The molecular weight excluding hydrogens is 321 g/mol. The summed E-state index contributed by atoms with van der Waals surface area (Å²) in [6.07, 6.45) is 1.26. The van der Waals surface area contributed by atoms with Gasteiger partial charge < -0.3 is 4.74 Å². The average molecular weight is 331 g/mol. The Bertz CT molecular complexity index is 686. The molecule has 0 unspecified atom stereocenters. The summed E-state index contributed by atoms with van der Waals surface area (Å²) in [5, 5.41) is 0.239. The summed E-state index contributed by atoms with van der Waals surface area (Å²) in [5.74, 6) is -0.265. The fraction of sp³-hybridized carbons (Fsp3) is 0.143. The van der Waals surface area contributed by atoms with E-state index >= 15 is 0 Å². The largest absolute Gasteiger partial charge is 0.422 e. The number of aryl methyl sites for hydroxylation is 2. The number of nitrogens with zero attached hydrogens (tertiary/aromatic N) is 1. The van der Waals surface area contributed by atoms with Gasteiger partial charge in [-0.25, -0.2) is 9.78 Å². The van der Waals surface area contributed by atoms with Gasteiger partial charge in [0.15, 0.2) is 5.69 Å². The van der Waals surface area contributed by atoms with Crippen molar-refractivity contribution in [2.45, 2.75) is 13.8 Å². The third-order valence-corrected chi connectivity index (χ3v) is 4.04. The maximum Gasteiger partial charge on any atom is 0.363 e. The summed E-state index contributed by atoms with van der Waals surface area (Å²) in [6.45, 7) is 3.90. The van der Waals surface area contributed by atoms with Crippen molar-refractivity contribution in [3.05, 3.63) is 56.3 Å². The van der Waals surface area contributed by atoms with Crippen LogP contribution in [-0.2, 0) is 0 Å². The summed E-state index contributed by atoms with van der Waals surface area (Å²) in [7, 11) is 0. The molecule has 0 N–H and O–H groups in total. The zero-order valence-electron chi connectivity index (χ0n) is 10.7. The van der Waals surface area contributed by atoms with Crippen LogP contribution < -0.4 is 4.74 Å². The van der Waals surface area contributed by atoms with Crippen LogP contribution in [0.25, 0.3) is 0 Å². The highest BCUT2D eigenvalue weighted by molar-refractivity contribution is 6.48. The van der Waals surface area contributed by atoms with E-state index in [2.05, 4.69) is 4.98 Å². The van der Waals surface area contributed by atoms with E-state index in [0.29, 0.717) is 5.75 Å². The quantitative estimate of drug-likeness (QED) is 0.582. The van der Waals surface area contributed by atoms with Gasteiger partial charge in [-0.15, -0.1) is 0 Å². The number of hydrogen-bond donors (Lipinski definition) is 0. The van der Waals surface area contributed by atoms with Gasteiger partial charge in [0.25, 0.3) is 0 Å². The zero-order valence-corrected chi connectivity index (χ0v) is 13.0. The lowest BCUT2D eigenvalue weighted by atomic mass is 10.1. The highest BCUT2D eigenvalue weighted by Crippen LogP contribution is 2.31. The summed E-state index contributed by atoms with van der Waals surface area (Å²) < 4.78 is 5.22. The van der Waals surface area contributed by atoms with Gasteiger partial charge in [-0.3, -0.25) is 0 Å². The van der Waals surface area contributed by atoms with E-state index in [1.165, 1.54) is 6.20 Å². The first-order valence-electron chi connectivity index (χ1n) is 5.69. The molecule has 0 saturated heterocycles. The molecular formula is C14H10Cl3NO2. The summed E-state index contributed by atoms with van der Waals surface area (Å²) in [6, 6.07) is 5.33. The molecule has 0 aliphatic carbocycles. The summed E-state index contributed by atoms with van der Waals surface area (Å²) in [4.78, 5) is 15.9. The number of esters is 1. The van der Waals surface area contributed by atoms with E-state index in [1.807, 2.05) is 19.9 Å². The lowest BCUT2D eigenvalue weighted by molar-refractivity contribution is 0.0729. The van der Waals surface area contributed by atoms with Crippen molar-refractivity contribution in [2.75, 3.05) is 0 Å². The fourth-order valence-corrected chi connectivity index (χ4v) is 2.08. The molecule has 0 spiro atoms. The van der Waals surface area contributed by atoms with Crippen LogP contribution in [0.15, 0.2) is 24.4 Å². The highest BCUT2D eigenvalue weighted by atomic mass is 35.5. The number of ether oxygens (including phenoxy) is 1. The SMILES string of the molecule is Cc1ccc(OC(=O)c2ncc(Cl)c(Cl)c2Cl)cc1C. The van der Waals surface area contributed by atoms with Crippen molar-refractivity contribution >= 4 is 40.8 Å². The first kappa shape index (κ1) is 15.1. The average Bonchev–Trinajstić information content (AvgIpc) is 2.40. The molecule has 1 aromatic heterocycles. The third kappa shape index (κ3) is 3.06. The minimum atomic E-state index is -0.684. The molecule has 0 aliphatic heterocycles. The minimum Gasteiger partial charge on any atom is -0.422 e. The van der Waals surface area contributed by atoms with Crippen molar-refractivity contribution < 1.29 is 9.53 Å². The molecule has 0 atom stereocenters. The lowest BCUT2D eigenvalue weighted by Gasteiger charge is -2.08. The van der Waals surface area contributed by atoms with E-state index in [1.54, 1.807) is 12.1 Å². The highest BCUT2D eigenvalue weighted by Gasteiger charge is 2.19. The van der Waals surface area contributed by atoms with Gasteiger partial charge in [-0.2, -0.15) is 0 Å². The Morgan fingerprint density at radius 3 is 2.45 bits per heavy atom. The van der Waals surface area contributed by atoms with Crippen LogP contribution in [0.4, 0.5) is 0 Å². The lowest BCUT2D eigenvalue weighted by Crippen LogP contribution is -2.11. The van der Waals surface area contributed by atoms with Crippen LogP contribution in [0.5, 0.6) is 5.75 Å². The van der Waals surface area contributed by atoms with Gasteiger partial charge in [-0.1, -0.05) is 40.9 Å². The van der Waals surface area contributed by atoms with Gasteiger partial charge in [0.2, 0.25) is 0 Å². The molecule has 3 nitrogen and oxygen atoms in total. The molecule has 1 heterocycles. The van der Waals surface area contributed by atoms with Gasteiger partial charge >= 0.3 is 5.97 Å². The van der Waals surface area contributed by atoms with Crippen LogP contribution in [0.3, 0.4) is 0 Å². The number of carbonyl (C=O) groups is 1. The Hall–Kier alpha value is -1.29. The smallest absolute Gasteiger partial charge is 0.363 e. The van der Waals surface area contributed by atoms with E-state index in [0.717, 1.165) is 11.1 Å². The molecule has 0 bridgehead atoms. The molecule has 2 rings (SSSR count). The standard InChI is InChI=1S/C14H10Cl3NO2/c1-7-3-4-9(5-8(7)2)20-14(19)13-12(17)11(16)10(15)6-18-13/h3-6H,1-2H3. The Labute approximate surface area is 131 Å². The van der Waals surface area contributed by atoms with Crippen LogP contribution >= 0.6 is 34.8 Å². The predicted octanol–water partition coefficient (Wildman–Crippen LogP) is 4.88. The van der Waals surface area contributed by atoms with E-state index < -0.39 is 5.97 Å². The van der Waals surface area contributed by atoms with E-state index in [4.69, 9.17) is 39.5 Å². The Kier molecular flexibility index (Phi) is 4.53. The minimum absolute atomic E-state index is 0.0204. The van der Waals surface area contributed by atoms with Crippen LogP contribution in [0, 0.1) is 13.8 Å². The fourth-order valence-electron chi connectivity index (χ4n) is 1.52. The molecule has 0 aliphatic rings. The van der Waals surface area contributed by atoms with Crippen molar-refractivity contribution in [3.8, 4) is 5.75 Å². The zero-order chi connectivity index (χ0) is 14.9. The Morgan fingerprint density at radius 1 is 1.10 bits per heavy atom. The molecule has 0 fully saturated rings. The number of benzene rings is 1. The monoisotopic (exact) mass is 329 g/mol. The second-order valence-electron chi connectivity index (χ2n) is 4.22. The second kappa shape index (κ2) is 6.00. The number of halogens is 3. The van der Waals surface area contributed by atoms with Crippen molar-refractivity contribution in [1.29, 1.82) is 0 Å². The normalized spacial score (nSPS) is 10.4. The maximum absolute atomic E-state index is 12.0. The summed E-state index contributed by atoms with van der Waals surface area (Å²) in [5.41, 5.74) is 2.05. The Morgan fingerprint density at radius 2 is 1.80 bits per heavy atom. The van der Waals surface area contributed by atoms with E-state index in [9.17, 15) is 4.79 Å². The molecule has 2 aromatic rings. The predicted molar refractivity (Wildman–Crippen MR) is 80.1 cm³/mol. The molecule has 1 aromatic carbocycles. The van der Waals surface area contributed by atoms with Gasteiger partial charge in [0.05, 0.1) is 15.1 Å². The number of aromatic nitrogens is 1. The third-order valence-electron chi connectivity index (χ3n) is 2.80. The molecule has 20 heavy (non-hydrogen) atoms.